The molecule has 15 heavy (non-hydrogen) atoms. The van der Waals surface area contributed by atoms with Crippen LogP contribution in [0, 0.1) is 0 Å². The number of nitrogens with zero attached hydrogens (tertiary/aromatic N) is 2. The maximum absolute atomic E-state index is 11.6. The molecule has 0 aliphatic carbocycles. The zero-order chi connectivity index (χ0) is 11.5. The predicted molar refractivity (Wildman–Crippen MR) is 59.2 cm³/mol. The Balaban J connectivity index is 2.94. The van der Waals surface area contributed by atoms with Crippen LogP contribution in [0.1, 0.15) is 20.3 Å². The monoisotopic (exact) mass is 268 g/mol. The van der Waals surface area contributed by atoms with Crippen molar-refractivity contribution in [1.82, 2.24) is 10.2 Å². The van der Waals surface area contributed by atoms with Gasteiger partial charge in [0.2, 0.25) is 14.2 Å². The summed E-state index contributed by atoms with van der Waals surface area (Å²) in [6.45, 7) is 3.53. The van der Waals surface area contributed by atoms with Gasteiger partial charge in [0.15, 0.2) is 0 Å². The summed E-state index contributed by atoms with van der Waals surface area (Å²) in [6, 6.07) is 0. The largest absolute Gasteiger partial charge is 0.610 e. The molecule has 0 radical (unpaired) electrons. The van der Waals surface area contributed by atoms with Gasteiger partial charge in [-0.15, -0.1) is 5.10 Å². The Bertz CT molecular complexity index is 415. The molecule has 5 nitrogen and oxygen atoms in total. The van der Waals surface area contributed by atoms with Gasteiger partial charge in [-0.1, -0.05) is 12.0 Å². The van der Waals surface area contributed by atoms with Gasteiger partial charge < -0.3 is 4.55 Å². The van der Waals surface area contributed by atoms with Gasteiger partial charge in [-0.25, -0.2) is 8.42 Å². The zero-order valence-corrected chi connectivity index (χ0v) is 10.9. The van der Waals surface area contributed by atoms with E-state index in [4.69, 9.17) is 0 Å². The summed E-state index contributed by atoms with van der Waals surface area (Å²) in [7, 11) is -3.32. The first-order valence-corrected chi connectivity index (χ1v) is 8.24. The quantitative estimate of drug-likeness (QED) is 0.739. The molecule has 1 heterocycles. The van der Waals surface area contributed by atoms with E-state index in [9.17, 15) is 13.0 Å². The van der Waals surface area contributed by atoms with Crippen LogP contribution in [0.25, 0.3) is 0 Å². The molecule has 0 saturated carbocycles. The average molecular weight is 268 g/mol. The molecule has 1 aromatic rings. The molecule has 0 aromatic carbocycles. The summed E-state index contributed by atoms with van der Waals surface area (Å²) in [5.74, 6) is 0.475. The van der Waals surface area contributed by atoms with Gasteiger partial charge in [-0.05, 0) is 24.7 Å². The molecular formula is C7H12N2O3S3. The minimum absolute atomic E-state index is 0.0267. The van der Waals surface area contributed by atoms with Crippen LogP contribution in [0.3, 0.4) is 0 Å². The SMILES string of the molecule is CCCS(=O)(=O)c1nnc([S+]([O-])CC)s1. The first kappa shape index (κ1) is 12.9. The molecule has 0 saturated heterocycles. The molecule has 1 atom stereocenters. The molecular weight excluding hydrogens is 256 g/mol. The van der Waals surface area contributed by atoms with E-state index in [2.05, 4.69) is 10.2 Å². The van der Waals surface area contributed by atoms with Gasteiger partial charge in [0, 0.05) is 11.2 Å². The second-order valence-electron chi connectivity index (χ2n) is 2.79. The smallest absolute Gasteiger partial charge is 0.322 e. The average Bonchev–Trinajstić information content (AvgIpc) is 2.66. The highest BCUT2D eigenvalue weighted by Gasteiger charge is 2.23. The van der Waals surface area contributed by atoms with Crippen LogP contribution < -0.4 is 0 Å². The van der Waals surface area contributed by atoms with Crippen LogP contribution in [0.4, 0.5) is 0 Å². The first-order valence-electron chi connectivity index (χ1n) is 4.46. The maximum atomic E-state index is 11.6. The van der Waals surface area contributed by atoms with E-state index in [1.54, 1.807) is 13.8 Å². The van der Waals surface area contributed by atoms with Crippen molar-refractivity contribution in [2.75, 3.05) is 11.5 Å². The van der Waals surface area contributed by atoms with Gasteiger partial charge in [0.25, 0.3) is 0 Å². The molecule has 0 spiro atoms. The van der Waals surface area contributed by atoms with Crippen LogP contribution in [0.15, 0.2) is 8.68 Å². The molecule has 0 aliphatic heterocycles. The highest BCUT2D eigenvalue weighted by atomic mass is 32.3. The molecule has 0 N–H and O–H groups in total. The van der Waals surface area contributed by atoms with E-state index in [0.717, 1.165) is 11.3 Å². The highest BCUT2D eigenvalue weighted by Crippen LogP contribution is 2.21. The van der Waals surface area contributed by atoms with Crippen molar-refractivity contribution in [3.8, 4) is 0 Å². The van der Waals surface area contributed by atoms with Crippen molar-refractivity contribution in [3.63, 3.8) is 0 Å². The second-order valence-corrected chi connectivity index (χ2v) is 7.96. The Morgan fingerprint density at radius 2 is 2.07 bits per heavy atom. The van der Waals surface area contributed by atoms with Gasteiger partial charge >= 0.3 is 4.34 Å². The third-order valence-corrected chi connectivity index (χ3v) is 6.47. The Morgan fingerprint density at radius 3 is 2.60 bits per heavy atom. The van der Waals surface area contributed by atoms with Crippen LogP contribution in [0.5, 0.6) is 0 Å². The fraction of sp³-hybridized carbons (Fsp3) is 0.714. The number of rotatable bonds is 5. The molecule has 1 unspecified atom stereocenters. The number of sulfone groups is 1. The van der Waals surface area contributed by atoms with Crippen LogP contribution in [-0.4, -0.2) is 34.7 Å². The summed E-state index contributed by atoms with van der Waals surface area (Å²) in [6.07, 6.45) is 0.536. The van der Waals surface area contributed by atoms with Gasteiger partial charge in [0.1, 0.15) is 5.75 Å². The fourth-order valence-corrected chi connectivity index (χ4v) is 4.58. The lowest BCUT2D eigenvalue weighted by Gasteiger charge is -2.00. The summed E-state index contributed by atoms with van der Waals surface area (Å²) < 4.78 is 34.7. The number of hydrogen-bond donors (Lipinski definition) is 0. The Kier molecular flexibility index (Phi) is 4.50. The maximum Gasteiger partial charge on any atom is 0.322 e. The Morgan fingerprint density at radius 1 is 1.40 bits per heavy atom. The van der Waals surface area contributed by atoms with Crippen molar-refractivity contribution in [3.05, 3.63) is 0 Å². The lowest BCUT2D eigenvalue weighted by Crippen LogP contribution is -2.05. The van der Waals surface area contributed by atoms with Crippen molar-refractivity contribution >= 4 is 32.3 Å². The Labute approximate surface area is 96.0 Å². The number of aromatic nitrogens is 2. The van der Waals surface area contributed by atoms with Gasteiger partial charge in [-0.2, -0.15) is 0 Å². The summed E-state index contributed by atoms with van der Waals surface area (Å²) >= 11 is -0.326. The molecule has 0 aliphatic rings. The third kappa shape index (κ3) is 3.13. The molecule has 1 aromatic heterocycles. The topological polar surface area (TPSA) is 83.0 Å². The van der Waals surface area contributed by atoms with E-state index >= 15 is 0 Å². The van der Waals surface area contributed by atoms with E-state index in [-0.39, 0.29) is 14.4 Å². The van der Waals surface area contributed by atoms with Crippen molar-refractivity contribution in [1.29, 1.82) is 0 Å². The normalized spacial score (nSPS) is 14.1. The lowest BCUT2D eigenvalue weighted by atomic mass is 10.6. The molecule has 0 amide bonds. The number of hydrogen-bond acceptors (Lipinski definition) is 6. The lowest BCUT2D eigenvalue weighted by molar-refractivity contribution is 0.589. The summed E-state index contributed by atoms with van der Waals surface area (Å²) in [4.78, 5) is 0. The van der Waals surface area contributed by atoms with Crippen molar-refractivity contribution < 1.29 is 13.0 Å². The molecule has 0 fully saturated rings. The standard InChI is InChI=1S/C7H12N2O3S3/c1-3-5-15(11,12)7-9-8-6(13-7)14(10)4-2/h3-5H2,1-2H3. The van der Waals surface area contributed by atoms with E-state index < -0.39 is 21.0 Å². The fourth-order valence-electron chi connectivity index (χ4n) is 0.894. The molecule has 0 bridgehead atoms. The molecule has 8 heteroatoms. The summed E-state index contributed by atoms with van der Waals surface area (Å²) in [5.41, 5.74) is 0. The predicted octanol–water partition coefficient (Wildman–Crippen LogP) is 0.849. The van der Waals surface area contributed by atoms with E-state index in [1.165, 1.54) is 0 Å². The molecule has 86 valence electrons. The van der Waals surface area contributed by atoms with Crippen LogP contribution in [0.2, 0.25) is 0 Å². The zero-order valence-electron chi connectivity index (χ0n) is 8.47. The third-order valence-electron chi connectivity index (χ3n) is 1.58. The van der Waals surface area contributed by atoms with Gasteiger partial charge in [-0.3, -0.25) is 0 Å². The minimum atomic E-state index is -3.32. The van der Waals surface area contributed by atoms with Crippen molar-refractivity contribution in [2.24, 2.45) is 0 Å². The van der Waals surface area contributed by atoms with E-state index in [1.807, 2.05) is 0 Å². The second kappa shape index (κ2) is 5.24. The highest BCUT2D eigenvalue weighted by molar-refractivity contribution is 7.95. The van der Waals surface area contributed by atoms with Crippen LogP contribution >= 0.6 is 11.3 Å². The minimum Gasteiger partial charge on any atom is -0.610 e. The van der Waals surface area contributed by atoms with Gasteiger partial charge in [0.05, 0.1) is 5.75 Å². The molecule has 1 rings (SSSR count). The van der Waals surface area contributed by atoms with Crippen molar-refractivity contribution in [2.45, 2.75) is 28.9 Å². The van der Waals surface area contributed by atoms with Crippen LogP contribution in [-0.2, 0) is 21.0 Å². The summed E-state index contributed by atoms with van der Waals surface area (Å²) in [5, 5.41) is 7.19. The Hall–Kier alpha value is -0.180. The van der Waals surface area contributed by atoms with E-state index in [0.29, 0.717) is 12.2 Å². The first-order chi connectivity index (χ1) is 7.01.